The van der Waals surface area contributed by atoms with E-state index in [4.69, 9.17) is 37.9 Å². The van der Waals surface area contributed by atoms with Crippen molar-refractivity contribution in [2.45, 2.75) is 132 Å². The number of carbonyl (C=O) groups excluding carboxylic acids is 10. The highest BCUT2D eigenvalue weighted by atomic mass is 32.2. The Kier molecular flexibility index (Phi) is 25.2. The molecule has 572 valence electrons. The number of phenols is 2. The number of benzene rings is 5. The second kappa shape index (κ2) is 34.4. The molecule has 5 aromatic rings. The molecule has 5 aliphatic heterocycles. The molecule has 6 aliphatic rings. The van der Waals surface area contributed by atoms with Gasteiger partial charge in [0.1, 0.15) is 72.5 Å². The number of rotatable bonds is 31. The number of aliphatic hydroxyl groups is 3. The Morgan fingerprint density at radius 2 is 1.31 bits per heavy atom. The van der Waals surface area contributed by atoms with E-state index in [2.05, 4.69) is 31.9 Å². The number of methoxy groups -OCH3 is 1. The van der Waals surface area contributed by atoms with E-state index >= 15 is 0 Å². The Morgan fingerprint density at radius 3 is 1.94 bits per heavy atom. The first-order valence-electron chi connectivity index (χ1n) is 35.3. The highest BCUT2D eigenvalue weighted by Gasteiger charge is 2.55. The van der Waals surface area contributed by atoms with Gasteiger partial charge in [0, 0.05) is 79.6 Å². The number of nitrogens with zero attached hydrogens (tertiary/aromatic N) is 2. The maximum atomic E-state index is 14.8. The van der Waals surface area contributed by atoms with Crippen molar-refractivity contribution in [3.05, 3.63) is 137 Å². The first kappa shape index (κ1) is 78.3. The van der Waals surface area contributed by atoms with Gasteiger partial charge in [0.05, 0.1) is 67.8 Å². The number of carbonyl (C=O) groups is 10. The quantitative estimate of drug-likeness (QED) is 0.0172. The molecule has 11 rings (SSSR count). The van der Waals surface area contributed by atoms with Crippen molar-refractivity contribution >= 4 is 76.8 Å². The topological polar surface area (TPSA) is 424 Å². The molecule has 1 spiro atoms. The van der Waals surface area contributed by atoms with Gasteiger partial charge in [0.25, 0.3) is 0 Å². The molecular weight excluding hydrogens is 1410 g/mol. The van der Waals surface area contributed by atoms with Crippen LogP contribution in [0.15, 0.2) is 103 Å². The molecule has 0 aromatic heterocycles. The molecule has 31 nitrogen and oxygen atoms in total. The number of alkyl carbamates (subject to hydrolysis) is 1. The van der Waals surface area contributed by atoms with E-state index in [1.807, 2.05) is 48.5 Å². The van der Waals surface area contributed by atoms with Crippen molar-refractivity contribution < 1.29 is 111 Å². The third kappa shape index (κ3) is 17.1. The van der Waals surface area contributed by atoms with E-state index < -0.39 is 143 Å². The smallest absolute Gasteiger partial charge is 0.407 e. The van der Waals surface area contributed by atoms with Crippen molar-refractivity contribution in [2.75, 3.05) is 83.6 Å². The van der Waals surface area contributed by atoms with E-state index in [9.17, 15) is 73.5 Å². The fourth-order valence-electron chi connectivity index (χ4n) is 14.2. The fourth-order valence-corrected chi connectivity index (χ4v) is 15.4. The molecule has 0 saturated carbocycles. The molecular formula is C75H88N8O23S. The Morgan fingerprint density at radius 1 is 0.682 bits per heavy atom. The molecule has 107 heavy (non-hydrogen) atoms. The third-order valence-electron chi connectivity index (χ3n) is 19.7. The molecule has 3 saturated heterocycles. The fraction of sp³-hybridized carbons (Fsp3) is 0.467. The molecule has 8 unspecified atom stereocenters. The Hall–Kier alpha value is -9.77. The molecule has 9 amide bonds. The number of nitrogens with one attached hydrogen (secondary N) is 6. The van der Waals surface area contributed by atoms with E-state index in [-0.39, 0.29) is 125 Å². The number of anilines is 1. The number of amides is 9. The van der Waals surface area contributed by atoms with Crippen LogP contribution in [0.5, 0.6) is 23.0 Å². The number of hydrogen-bond acceptors (Lipinski definition) is 24. The van der Waals surface area contributed by atoms with Gasteiger partial charge >= 0.3 is 12.1 Å². The van der Waals surface area contributed by atoms with E-state index in [1.54, 1.807) is 32.0 Å². The molecule has 32 heteroatoms. The van der Waals surface area contributed by atoms with Crippen LogP contribution in [0, 0.1) is 11.8 Å². The summed E-state index contributed by atoms with van der Waals surface area (Å²) in [6, 6.07) is 22.4. The van der Waals surface area contributed by atoms with Crippen molar-refractivity contribution in [3.8, 4) is 34.1 Å². The summed E-state index contributed by atoms with van der Waals surface area (Å²) in [6.45, 7) is 7.93. The number of esters is 1. The molecule has 12 atom stereocenters. The van der Waals surface area contributed by atoms with Crippen molar-refractivity contribution in [1.29, 1.82) is 0 Å². The second-order valence-corrected chi connectivity index (χ2v) is 28.5. The number of likely N-dealkylation sites (tertiary alicyclic amines) is 1. The van der Waals surface area contributed by atoms with Crippen molar-refractivity contribution in [1.82, 2.24) is 36.8 Å². The summed E-state index contributed by atoms with van der Waals surface area (Å²) in [7, 11) is 1.30. The average Bonchev–Trinajstić information content (AvgIpc) is 1.58. The highest BCUT2D eigenvalue weighted by molar-refractivity contribution is 8.00. The zero-order valence-electron chi connectivity index (χ0n) is 59.7. The predicted molar refractivity (Wildman–Crippen MR) is 381 cm³/mol. The van der Waals surface area contributed by atoms with Gasteiger partial charge in [-0.05, 0) is 98.2 Å². The Bertz CT molecular complexity index is 4080. The first-order chi connectivity index (χ1) is 51.3. The summed E-state index contributed by atoms with van der Waals surface area (Å²) in [5, 5.41) is 66.4. The summed E-state index contributed by atoms with van der Waals surface area (Å²) in [4.78, 5) is 141. The summed E-state index contributed by atoms with van der Waals surface area (Å²) in [6.07, 6.45) is -6.52. The zero-order chi connectivity index (χ0) is 76.5. The van der Waals surface area contributed by atoms with Gasteiger partial charge in [-0.15, -0.1) is 11.8 Å². The average molecular weight is 1500 g/mol. The SMILES string of the molecule is CO[C@@H]1OC(COCC(=O)NCCOCCOCCNC(=O)C(C)NC(=O)C(C)NC(=O)[C@@H]2CCCN2C(=O)[C@H](NC(=O)C(CSC2CC(=O)N(c3ccc4c(c3)C(=O)OC43c4ccc(O)cc4Oc4cc(O)ccc43)C2=O)NC(=O)OCC2c3ccccc3-c3ccccc32)C(C)C)[C@@H](C(C)O)C(O)C1O. The van der Waals surface area contributed by atoms with Crippen LogP contribution < -0.4 is 41.5 Å². The van der Waals surface area contributed by atoms with Gasteiger partial charge in [-0.2, -0.15) is 0 Å². The summed E-state index contributed by atoms with van der Waals surface area (Å²) in [5.41, 5.74) is 3.31. The maximum Gasteiger partial charge on any atom is 0.407 e. The lowest BCUT2D eigenvalue weighted by atomic mass is 9.77. The maximum absolute atomic E-state index is 14.8. The minimum absolute atomic E-state index is 0.0174. The molecule has 5 aromatic carbocycles. The third-order valence-corrected chi connectivity index (χ3v) is 21.0. The van der Waals surface area contributed by atoms with Crippen LogP contribution in [0.3, 0.4) is 0 Å². The summed E-state index contributed by atoms with van der Waals surface area (Å²) in [5.74, 6) is -8.11. The number of aliphatic hydroxyl groups excluding tert-OH is 3. The zero-order valence-corrected chi connectivity index (χ0v) is 60.5. The van der Waals surface area contributed by atoms with Crippen molar-refractivity contribution in [2.24, 2.45) is 11.8 Å². The number of imide groups is 1. The highest BCUT2D eigenvalue weighted by Crippen LogP contribution is 2.57. The van der Waals surface area contributed by atoms with Crippen LogP contribution >= 0.6 is 11.8 Å². The molecule has 1 aliphatic carbocycles. The monoisotopic (exact) mass is 1500 g/mol. The van der Waals surface area contributed by atoms with Crippen LogP contribution in [-0.4, -0.2) is 235 Å². The van der Waals surface area contributed by atoms with E-state index in [0.717, 1.165) is 38.9 Å². The van der Waals surface area contributed by atoms with Gasteiger partial charge in [0.2, 0.25) is 47.3 Å². The Labute approximate surface area is 619 Å². The van der Waals surface area contributed by atoms with Gasteiger partial charge in [0.15, 0.2) is 11.9 Å². The lowest BCUT2D eigenvalue weighted by molar-refractivity contribution is -0.293. The van der Waals surface area contributed by atoms with Gasteiger partial charge in [-0.3, -0.25) is 38.4 Å². The molecule has 3 fully saturated rings. The number of hydrogen-bond donors (Lipinski definition) is 11. The number of fused-ring (bicyclic) bond motifs is 9. The Balaban J connectivity index is 0.661. The van der Waals surface area contributed by atoms with Crippen LogP contribution in [0.4, 0.5) is 10.5 Å². The number of ether oxygens (including phenoxy) is 8. The molecule has 0 radical (unpaired) electrons. The normalized spacial score (nSPS) is 21.7. The lowest BCUT2D eigenvalue weighted by Crippen LogP contribution is -2.59. The van der Waals surface area contributed by atoms with Crippen LogP contribution in [0.1, 0.15) is 98.0 Å². The van der Waals surface area contributed by atoms with Crippen LogP contribution in [0.25, 0.3) is 11.1 Å². The second-order valence-electron chi connectivity index (χ2n) is 27.2. The first-order valence-corrected chi connectivity index (χ1v) is 36.4. The summed E-state index contributed by atoms with van der Waals surface area (Å²) < 4.78 is 45.3. The standard InChI is InChI=1S/C75H88N8O23S/c1-38(2)63(71(96)82-25-11-16-55(82)69(94)79-40(4)67(92)78-39(3)66(91)77-24-27-101-29-28-100-26-23-76-60(87)36-102-35-58-62(41(5)84)64(89)65(90)73(99-6)105-58)81-68(93)54(80-74(98)103-34-50-47-14-9-7-12-45(47)46-13-8-10-15-48(46)50)37-107-59-33-61(88)83(70(59)95)42-17-20-51-49(30-42)72(97)106-75(51)52-21-18-43(85)31-56(52)104-57-32-44(86)19-22-53(57)75/h7-10,12-15,17-22,30-32,38-41,50,54-55,58-59,62-65,73,84-86,89-90H,11,16,23-29,33-37H2,1-6H3,(H,76,87)(H,77,91)(H,78,92)(H,79,94)(H,80,98)(H,81,93)/t39?,40?,41?,54?,55-,58?,59?,62+,63+,64?,65?,73+/m0/s1. The lowest BCUT2D eigenvalue weighted by Gasteiger charge is -2.43. The van der Waals surface area contributed by atoms with Gasteiger partial charge in [-0.25, -0.2) is 14.5 Å². The molecule has 0 bridgehead atoms. The van der Waals surface area contributed by atoms with Crippen molar-refractivity contribution in [3.63, 3.8) is 0 Å². The van der Waals surface area contributed by atoms with Crippen LogP contribution in [0.2, 0.25) is 0 Å². The largest absolute Gasteiger partial charge is 0.508 e. The predicted octanol–water partition coefficient (Wildman–Crippen LogP) is 2.45. The minimum Gasteiger partial charge on any atom is -0.508 e. The van der Waals surface area contributed by atoms with E-state index in [1.165, 1.54) is 69.2 Å². The molecule has 11 N–H and O–H groups in total. The minimum atomic E-state index is -1.62. The van der Waals surface area contributed by atoms with Crippen LogP contribution in [-0.2, 0) is 77.1 Å². The van der Waals surface area contributed by atoms with E-state index in [0.29, 0.717) is 23.1 Å². The number of phenolic OH excluding ortho intramolecular Hbond substituents is 2. The summed E-state index contributed by atoms with van der Waals surface area (Å²) >= 11 is 0.901. The van der Waals surface area contributed by atoms with Gasteiger partial charge < -0.3 is 100 Å². The number of thioether (sulfide) groups is 1. The van der Waals surface area contributed by atoms with Gasteiger partial charge in [-0.1, -0.05) is 68.4 Å². The molecule has 5 heterocycles. The number of aromatic hydroxyl groups is 2.